The SMILES string of the molecule is CN1C=Cc2c(c(-c3cccc(Cl)c3Cl)cc3nc(N)nc(N)c23)C1. The van der Waals surface area contributed by atoms with Gasteiger partial charge >= 0.3 is 0 Å². The molecule has 0 amide bonds. The lowest BCUT2D eigenvalue weighted by Gasteiger charge is -2.25. The van der Waals surface area contributed by atoms with Crippen molar-refractivity contribution >= 4 is 51.9 Å². The molecule has 5 nitrogen and oxygen atoms in total. The molecule has 7 heteroatoms. The van der Waals surface area contributed by atoms with Crippen LogP contribution in [0.3, 0.4) is 0 Å². The summed E-state index contributed by atoms with van der Waals surface area (Å²) < 4.78 is 0. The van der Waals surface area contributed by atoms with Crippen molar-refractivity contribution in [1.29, 1.82) is 0 Å². The number of halogens is 2. The summed E-state index contributed by atoms with van der Waals surface area (Å²) in [5, 5.41) is 1.82. The normalized spacial score (nSPS) is 13.3. The molecule has 0 aliphatic carbocycles. The average molecular weight is 372 g/mol. The maximum absolute atomic E-state index is 6.47. The number of hydrogen-bond acceptors (Lipinski definition) is 5. The van der Waals surface area contributed by atoms with Crippen molar-refractivity contribution in [2.45, 2.75) is 6.54 Å². The number of anilines is 2. The summed E-state index contributed by atoms with van der Waals surface area (Å²) in [6.45, 7) is 0.712. The molecule has 126 valence electrons. The Morgan fingerprint density at radius 1 is 1.12 bits per heavy atom. The molecule has 3 aromatic rings. The van der Waals surface area contributed by atoms with Crippen LogP contribution in [0.4, 0.5) is 11.8 Å². The van der Waals surface area contributed by atoms with Gasteiger partial charge in [-0.1, -0.05) is 35.3 Å². The predicted molar refractivity (Wildman–Crippen MR) is 104 cm³/mol. The quantitative estimate of drug-likeness (QED) is 0.670. The van der Waals surface area contributed by atoms with Gasteiger partial charge in [-0.2, -0.15) is 4.98 Å². The highest BCUT2D eigenvalue weighted by Gasteiger charge is 2.21. The molecule has 0 unspecified atom stereocenters. The van der Waals surface area contributed by atoms with Gasteiger partial charge in [0.05, 0.1) is 20.9 Å². The van der Waals surface area contributed by atoms with Gasteiger partial charge in [0.2, 0.25) is 5.95 Å². The highest BCUT2D eigenvalue weighted by molar-refractivity contribution is 6.43. The van der Waals surface area contributed by atoms with Crippen LogP contribution in [0.15, 0.2) is 30.5 Å². The van der Waals surface area contributed by atoms with E-state index >= 15 is 0 Å². The summed E-state index contributed by atoms with van der Waals surface area (Å²) in [5.74, 6) is 0.515. The number of aromatic nitrogens is 2. The number of fused-ring (bicyclic) bond motifs is 3. The zero-order valence-corrected chi connectivity index (χ0v) is 14.9. The Morgan fingerprint density at radius 2 is 1.92 bits per heavy atom. The van der Waals surface area contributed by atoms with Crippen molar-refractivity contribution in [3.63, 3.8) is 0 Å². The van der Waals surface area contributed by atoms with E-state index in [9.17, 15) is 0 Å². The highest BCUT2D eigenvalue weighted by atomic mass is 35.5. The van der Waals surface area contributed by atoms with E-state index in [0.29, 0.717) is 27.9 Å². The van der Waals surface area contributed by atoms with Gasteiger partial charge in [-0.25, -0.2) is 4.98 Å². The van der Waals surface area contributed by atoms with Crippen LogP contribution >= 0.6 is 23.2 Å². The third-order valence-electron chi connectivity index (χ3n) is 4.33. The van der Waals surface area contributed by atoms with Crippen LogP contribution in [-0.4, -0.2) is 21.9 Å². The molecule has 1 aliphatic heterocycles. The van der Waals surface area contributed by atoms with E-state index in [1.165, 1.54) is 0 Å². The maximum Gasteiger partial charge on any atom is 0.222 e. The molecule has 0 atom stereocenters. The minimum atomic E-state index is 0.144. The van der Waals surface area contributed by atoms with Crippen molar-refractivity contribution in [2.75, 3.05) is 18.5 Å². The molecule has 0 radical (unpaired) electrons. The minimum absolute atomic E-state index is 0.144. The number of nitrogens with two attached hydrogens (primary N) is 2. The molecule has 2 heterocycles. The van der Waals surface area contributed by atoms with Gasteiger partial charge in [-0.15, -0.1) is 0 Å². The minimum Gasteiger partial charge on any atom is -0.383 e. The van der Waals surface area contributed by atoms with E-state index in [1.54, 1.807) is 6.07 Å². The van der Waals surface area contributed by atoms with Crippen molar-refractivity contribution in [3.05, 3.63) is 51.6 Å². The van der Waals surface area contributed by atoms with Crippen LogP contribution < -0.4 is 11.5 Å². The van der Waals surface area contributed by atoms with Gasteiger partial charge in [0.25, 0.3) is 0 Å². The van der Waals surface area contributed by atoms with Crippen LogP contribution in [0.5, 0.6) is 0 Å². The summed E-state index contributed by atoms with van der Waals surface area (Å²) in [6.07, 6.45) is 4.01. The van der Waals surface area contributed by atoms with Gasteiger partial charge in [-0.05, 0) is 41.1 Å². The Bertz CT molecular complexity index is 1050. The van der Waals surface area contributed by atoms with Crippen LogP contribution in [0.2, 0.25) is 10.0 Å². The molecule has 1 aromatic heterocycles. The summed E-state index contributed by atoms with van der Waals surface area (Å²) in [6, 6.07) is 7.55. The van der Waals surface area contributed by atoms with Gasteiger partial charge in [-0.3, -0.25) is 0 Å². The zero-order valence-electron chi connectivity index (χ0n) is 13.4. The number of nitrogen functional groups attached to an aromatic ring is 2. The third kappa shape index (κ3) is 2.56. The van der Waals surface area contributed by atoms with Crippen LogP contribution in [0.25, 0.3) is 28.1 Å². The largest absolute Gasteiger partial charge is 0.383 e. The molecular weight excluding hydrogens is 357 g/mol. The second-order valence-electron chi connectivity index (χ2n) is 6.01. The van der Waals surface area contributed by atoms with Gasteiger partial charge in [0.15, 0.2) is 0 Å². The second kappa shape index (κ2) is 5.79. The fraction of sp³-hybridized carbons (Fsp3) is 0.111. The van der Waals surface area contributed by atoms with E-state index < -0.39 is 0 Å². The second-order valence-corrected chi connectivity index (χ2v) is 6.79. The molecule has 4 rings (SSSR count). The first kappa shape index (κ1) is 16.0. The maximum atomic E-state index is 6.47. The molecule has 0 bridgehead atoms. The summed E-state index contributed by atoms with van der Waals surface area (Å²) in [4.78, 5) is 10.6. The number of nitrogens with zero attached hydrogens (tertiary/aromatic N) is 3. The van der Waals surface area contributed by atoms with Gasteiger partial charge < -0.3 is 16.4 Å². The monoisotopic (exact) mass is 371 g/mol. The summed E-state index contributed by atoms with van der Waals surface area (Å²) >= 11 is 12.7. The lowest BCUT2D eigenvalue weighted by atomic mass is 9.90. The molecule has 4 N–H and O–H groups in total. The standard InChI is InChI=1S/C18H15Cl2N5/c1-25-6-5-9-12(8-25)11(10-3-2-4-13(19)16(10)20)7-14-15(9)17(21)24-18(22)23-14/h2-7H,8H2,1H3,(H4,21,22,23,24). The molecule has 0 spiro atoms. The molecule has 25 heavy (non-hydrogen) atoms. The topological polar surface area (TPSA) is 81.1 Å². The van der Waals surface area contributed by atoms with E-state index in [2.05, 4.69) is 14.9 Å². The van der Waals surface area contributed by atoms with E-state index in [1.807, 2.05) is 37.5 Å². The zero-order chi connectivity index (χ0) is 17.7. The highest BCUT2D eigenvalue weighted by Crippen LogP contribution is 2.41. The molecular formula is C18H15Cl2N5. The van der Waals surface area contributed by atoms with E-state index in [0.717, 1.165) is 27.6 Å². The fourth-order valence-electron chi connectivity index (χ4n) is 3.23. The summed E-state index contributed by atoms with van der Waals surface area (Å²) in [7, 11) is 2.01. The Hall–Kier alpha value is -2.50. The van der Waals surface area contributed by atoms with Gasteiger partial charge in [0.1, 0.15) is 5.82 Å². The lowest BCUT2D eigenvalue weighted by Crippen LogP contribution is -2.16. The van der Waals surface area contributed by atoms with Crippen molar-refractivity contribution < 1.29 is 0 Å². The predicted octanol–water partition coefficient (Wildman–Crippen LogP) is 4.18. The molecule has 2 aromatic carbocycles. The van der Waals surface area contributed by atoms with Crippen molar-refractivity contribution in [2.24, 2.45) is 0 Å². The summed E-state index contributed by atoms with van der Waals surface area (Å²) in [5.41, 5.74) is 16.5. The van der Waals surface area contributed by atoms with E-state index in [4.69, 9.17) is 34.7 Å². The number of rotatable bonds is 1. The molecule has 0 saturated heterocycles. The molecule has 0 saturated carbocycles. The van der Waals surface area contributed by atoms with Crippen molar-refractivity contribution in [1.82, 2.24) is 14.9 Å². The van der Waals surface area contributed by atoms with Crippen LogP contribution in [0.1, 0.15) is 11.1 Å². The average Bonchev–Trinajstić information content (AvgIpc) is 2.56. The number of hydrogen-bond donors (Lipinski definition) is 2. The fourth-order valence-corrected chi connectivity index (χ4v) is 3.63. The van der Waals surface area contributed by atoms with Crippen LogP contribution in [0, 0.1) is 0 Å². The smallest absolute Gasteiger partial charge is 0.222 e. The first-order valence-corrected chi connectivity index (χ1v) is 8.42. The Morgan fingerprint density at radius 3 is 2.72 bits per heavy atom. The third-order valence-corrected chi connectivity index (χ3v) is 5.15. The van der Waals surface area contributed by atoms with Crippen molar-refractivity contribution in [3.8, 4) is 11.1 Å². The van der Waals surface area contributed by atoms with E-state index in [-0.39, 0.29) is 5.95 Å². The first-order valence-electron chi connectivity index (χ1n) is 7.67. The molecule has 0 fully saturated rings. The lowest BCUT2D eigenvalue weighted by molar-refractivity contribution is 0.449. The first-order chi connectivity index (χ1) is 12.0. The van der Waals surface area contributed by atoms with Gasteiger partial charge in [0, 0.05) is 19.2 Å². The number of benzene rings is 2. The van der Waals surface area contributed by atoms with Crippen LogP contribution in [-0.2, 0) is 6.54 Å². The Kier molecular flexibility index (Phi) is 3.71. The molecule has 1 aliphatic rings. The Balaban J connectivity index is 2.14. The Labute approximate surface area is 154 Å².